The number of nitrogens with zero attached hydrogens (tertiary/aromatic N) is 1. The van der Waals surface area contributed by atoms with Crippen LogP contribution < -0.4 is 4.74 Å². The highest BCUT2D eigenvalue weighted by atomic mass is 35.5. The molecule has 0 saturated heterocycles. The fourth-order valence-corrected chi connectivity index (χ4v) is 1.67. The Balaban J connectivity index is 2.27. The third kappa shape index (κ3) is 3.22. The van der Waals surface area contributed by atoms with Crippen molar-refractivity contribution < 1.29 is 17.9 Å². The van der Waals surface area contributed by atoms with Crippen LogP contribution in [0.2, 0.25) is 5.02 Å². The molecule has 0 amide bonds. The maximum absolute atomic E-state index is 12.4. The summed E-state index contributed by atoms with van der Waals surface area (Å²) in [5, 5.41) is 9.28. The number of hydrogen-bond donors (Lipinski definition) is 0. The third-order valence-corrected chi connectivity index (χ3v) is 2.71. The lowest BCUT2D eigenvalue weighted by Crippen LogP contribution is -2.04. The SMILES string of the molecule is N#Cc1ccc(Cl)cc1Oc1ccc(C(F)(F)F)cc1. The van der Waals surface area contributed by atoms with E-state index in [-0.39, 0.29) is 17.1 Å². The maximum atomic E-state index is 12.4. The monoisotopic (exact) mass is 297 g/mol. The van der Waals surface area contributed by atoms with Crippen LogP contribution in [0.25, 0.3) is 0 Å². The Morgan fingerprint density at radius 3 is 2.25 bits per heavy atom. The summed E-state index contributed by atoms with van der Waals surface area (Å²) < 4.78 is 42.6. The minimum Gasteiger partial charge on any atom is -0.456 e. The Bertz CT molecular complexity index is 660. The molecule has 0 aliphatic heterocycles. The Hall–Kier alpha value is -2.19. The molecule has 2 aromatic rings. The minimum absolute atomic E-state index is 0.191. The number of ether oxygens (including phenoxy) is 1. The summed E-state index contributed by atoms with van der Waals surface area (Å²) in [5.41, 5.74) is -0.522. The molecule has 0 aromatic heterocycles. The number of nitriles is 1. The number of halogens is 4. The van der Waals surface area contributed by atoms with Crippen LogP contribution in [0.15, 0.2) is 42.5 Å². The molecule has 20 heavy (non-hydrogen) atoms. The first-order valence-corrected chi connectivity index (χ1v) is 5.83. The van der Waals surface area contributed by atoms with E-state index >= 15 is 0 Å². The van der Waals surface area contributed by atoms with Crippen molar-refractivity contribution in [2.45, 2.75) is 6.18 Å². The van der Waals surface area contributed by atoms with E-state index in [1.54, 1.807) is 0 Å². The highest BCUT2D eigenvalue weighted by molar-refractivity contribution is 6.30. The Kier molecular flexibility index (Phi) is 3.86. The maximum Gasteiger partial charge on any atom is 0.416 e. The van der Waals surface area contributed by atoms with Crippen molar-refractivity contribution in [2.75, 3.05) is 0 Å². The van der Waals surface area contributed by atoms with Gasteiger partial charge in [-0.1, -0.05) is 11.6 Å². The van der Waals surface area contributed by atoms with Gasteiger partial charge in [0.25, 0.3) is 0 Å². The Morgan fingerprint density at radius 1 is 1.05 bits per heavy atom. The smallest absolute Gasteiger partial charge is 0.416 e. The second-order valence-electron chi connectivity index (χ2n) is 3.88. The predicted octanol–water partition coefficient (Wildman–Crippen LogP) is 5.02. The molecule has 6 heteroatoms. The van der Waals surface area contributed by atoms with Gasteiger partial charge in [-0.25, -0.2) is 0 Å². The summed E-state index contributed by atoms with van der Waals surface area (Å²) in [7, 11) is 0. The van der Waals surface area contributed by atoms with Gasteiger partial charge in [-0.2, -0.15) is 18.4 Å². The quantitative estimate of drug-likeness (QED) is 0.779. The van der Waals surface area contributed by atoms with Crippen molar-refractivity contribution in [1.29, 1.82) is 5.26 Å². The molecule has 0 spiro atoms. The van der Waals surface area contributed by atoms with Crippen molar-refractivity contribution in [3.05, 3.63) is 58.6 Å². The molecule has 0 aliphatic rings. The van der Waals surface area contributed by atoms with Gasteiger partial charge in [0.15, 0.2) is 0 Å². The van der Waals surface area contributed by atoms with Crippen LogP contribution in [0, 0.1) is 11.3 Å². The second kappa shape index (κ2) is 5.43. The molecular weight excluding hydrogens is 291 g/mol. The summed E-state index contributed by atoms with van der Waals surface area (Å²) in [6.45, 7) is 0. The highest BCUT2D eigenvalue weighted by Gasteiger charge is 2.30. The highest BCUT2D eigenvalue weighted by Crippen LogP contribution is 2.32. The molecule has 2 aromatic carbocycles. The largest absolute Gasteiger partial charge is 0.456 e. The Labute approximate surface area is 118 Å². The Morgan fingerprint density at radius 2 is 1.70 bits per heavy atom. The van der Waals surface area contributed by atoms with Crippen LogP contribution in [0.4, 0.5) is 13.2 Å². The van der Waals surface area contributed by atoms with E-state index in [9.17, 15) is 13.2 Å². The number of benzene rings is 2. The minimum atomic E-state index is -4.40. The number of hydrogen-bond acceptors (Lipinski definition) is 2. The molecule has 0 fully saturated rings. The van der Waals surface area contributed by atoms with E-state index in [2.05, 4.69) is 0 Å². The van der Waals surface area contributed by atoms with E-state index in [1.165, 1.54) is 30.3 Å². The zero-order valence-corrected chi connectivity index (χ0v) is 10.7. The average Bonchev–Trinajstić information content (AvgIpc) is 2.38. The molecule has 0 N–H and O–H groups in total. The molecule has 0 saturated carbocycles. The molecule has 0 aliphatic carbocycles. The van der Waals surface area contributed by atoms with Crippen molar-refractivity contribution in [3.8, 4) is 17.6 Å². The van der Waals surface area contributed by atoms with Gasteiger partial charge in [0.05, 0.1) is 11.1 Å². The normalized spacial score (nSPS) is 10.9. The van der Waals surface area contributed by atoms with Crippen LogP contribution in [0.1, 0.15) is 11.1 Å². The van der Waals surface area contributed by atoms with Crippen molar-refractivity contribution >= 4 is 11.6 Å². The molecule has 0 bridgehead atoms. The molecule has 0 heterocycles. The summed E-state index contributed by atoms with van der Waals surface area (Å²) in [4.78, 5) is 0. The third-order valence-electron chi connectivity index (χ3n) is 2.47. The summed E-state index contributed by atoms with van der Waals surface area (Å²) in [6, 6.07) is 10.5. The molecule has 2 nitrogen and oxygen atoms in total. The lowest BCUT2D eigenvalue weighted by Gasteiger charge is -2.10. The van der Waals surface area contributed by atoms with Crippen molar-refractivity contribution in [3.63, 3.8) is 0 Å². The standard InChI is InChI=1S/C14H7ClF3NO/c15-11-4-1-9(8-19)13(7-11)20-12-5-2-10(3-6-12)14(16,17)18/h1-7H. The number of alkyl halides is 3. The van der Waals surface area contributed by atoms with Gasteiger partial charge in [-0.05, 0) is 36.4 Å². The van der Waals surface area contributed by atoms with Crippen LogP contribution >= 0.6 is 11.6 Å². The lowest BCUT2D eigenvalue weighted by atomic mass is 10.2. The lowest BCUT2D eigenvalue weighted by molar-refractivity contribution is -0.137. The fraction of sp³-hybridized carbons (Fsp3) is 0.0714. The summed E-state index contributed by atoms with van der Waals surface area (Å²) in [5.74, 6) is 0.386. The number of rotatable bonds is 2. The molecule has 102 valence electrons. The summed E-state index contributed by atoms with van der Waals surface area (Å²) >= 11 is 5.79. The summed E-state index contributed by atoms with van der Waals surface area (Å²) in [6.07, 6.45) is -4.40. The topological polar surface area (TPSA) is 33.0 Å². The van der Waals surface area contributed by atoms with Gasteiger partial charge >= 0.3 is 6.18 Å². The van der Waals surface area contributed by atoms with Gasteiger partial charge in [-0.15, -0.1) is 0 Å². The second-order valence-corrected chi connectivity index (χ2v) is 4.31. The van der Waals surface area contributed by atoms with E-state index in [0.717, 1.165) is 12.1 Å². The van der Waals surface area contributed by atoms with E-state index in [1.807, 2.05) is 6.07 Å². The zero-order valence-electron chi connectivity index (χ0n) is 9.91. The molecule has 0 radical (unpaired) electrons. The predicted molar refractivity (Wildman–Crippen MR) is 67.7 cm³/mol. The van der Waals surface area contributed by atoms with Gasteiger partial charge in [-0.3, -0.25) is 0 Å². The van der Waals surface area contributed by atoms with Crippen LogP contribution in [0.5, 0.6) is 11.5 Å². The average molecular weight is 298 g/mol. The first-order valence-electron chi connectivity index (χ1n) is 5.45. The van der Waals surface area contributed by atoms with E-state index < -0.39 is 11.7 Å². The zero-order chi connectivity index (χ0) is 14.8. The van der Waals surface area contributed by atoms with Crippen LogP contribution in [-0.2, 0) is 6.18 Å². The van der Waals surface area contributed by atoms with Crippen molar-refractivity contribution in [2.24, 2.45) is 0 Å². The van der Waals surface area contributed by atoms with Crippen molar-refractivity contribution in [1.82, 2.24) is 0 Å². The van der Waals surface area contributed by atoms with E-state index in [0.29, 0.717) is 5.02 Å². The van der Waals surface area contributed by atoms with Gasteiger partial charge in [0.1, 0.15) is 17.6 Å². The molecule has 0 unspecified atom stereocenters. The van der Waals surface area contributed by atoms with Gasteiger partial charge < -0.3 is 4.74 Å². The molecule has 2 rings (SSSR count). The molecule has 0 atom stereocenters. The van der Waals surface area contributed by atoms with Crippen LogP contribution in [0.3, 0.4) is 0 Å². The first kappa shape index (κ1) is 14.2. The van der Waals surface area contributed by atoms with Gasteiger partial charge in [0.2, 0.25) is 0 Å². The molecular formula is C14H7ClF3NO. The van der Waals surface area contributed by atoms with Gasteiger partial charge in [0, 0.05) is 11.1 Å². The van der Waals surface area contributed by atoms with Crippen LogP contribution in [-0.4, -0.2) is 0 Å². The van der Waals surface area contributed by atoms with E-state index in [4.69, 9.17) is 21.6 Å². The fourth-order valence-electron chi connectivity index (χ4n) is 1.51. The first-order chi connectivity index (χ1) is 9.40.